The molecule has 0 saturated carbocycles. The molecule has 1 aliphatic carbocycles. The Bertz CT molecular complexity index is 628. The topological polar surface area (TPSA) is 96.6 Å². The van der Waals surface area contributed by atoms with Crippen molar-refractivity contribution in [2.24, 2.45) is 10.7 Å². The summed E-state index contributed by atoms with van der Waals surface area (Å²) < 4.78 is 0.919. The van der Waals surface area contributed by atoms with E-state index in [2.05, 4.69) is 31.6 Å². The minimum Gasteiger partial charge on any atom is -0.369 e. The van der Waals surface area contributed by atoms with Crippen LogP contribution in [0.2, 0.25) is 0 Å². The molecule has 0 bridgehead atoms. The van der Waals surface area contributed by atoms with Gasteiger partial charge in [-0.3, -0.25) is 14.9 Å². The first-order valence-electron chi connectivity index (χ1n) is 5.82. The smallest absolute Gasteiger partial charge is 0.277 e. The molecule has 3 aliphatic rings. The molecule has 0 aromatic rings. The van der Waals surface area contributed by atoms with Crippen LogP contribution in [0, 0.1) is 0 Å². The monoisotopic (exact) mass is 322 g/mol. The van der Waals surface area contributed by atoms with Gasteiger partial charge in [-0.2, -0.15) is 0 Å². The number of halogens is 1. The summed E-state index contributed by atoms with van der Waals surface area (Å²) in [5, 5.41) is 5.28. The van der Waals surface area contributed by atoms with Gasteiger partial charge in [0.15, 0.2) is 0 Å². The lowest BCUT2D eigenvalue weighted by molar-refractivity contribution is -0.117. The molecule has 0 saturated heterocycles. The number of hydrogen-bond donors (Lipinski definition) is 3. The number of nitrogens with zero attached hydrogens (tertiary/aromatic N) is 1. The molecular formula is C12H11BrN4O2. The van der Waals surface area contributed by atoms with Gasteiger partial charge in [-0.05, 0) is 23.6 Å². The van der Waals surface area contributed by atoms with Gasteiger partial charge in [-0.1, -0.05) is 15.9 Å². The molecule has 2 heterocycles. The van der Waals surface area contributed by atoms with Crippen molar-refractivity contribution >= 4 is 33.7 Å². The average molecular weight is 323 g/mol. The number of guanidine groups is 1. The number of carbonyl (C=O) groups excluding carboxylic acids is 2. The van der Waals surface area contributed by atoms with Crippen LogP contribution in [-0.4, -0.2) is 24.3 Å². The van der Waals surface area contributed by atoms with Gasteiger partial charge in [0, 0.05) is 23.0 Å². The third-order valence-corrected chi connectivity index (χ3v) is 3.72. The van der Waals surface area contributed by atoms with Crippen molar-refractivity contribution < 1.29 is 9.59 Å². The molecule has 0 aromatic heterocycles. The van der Waals surface area contributed by atoms with Gasteiger partial charge in [-0.15, -0.1) is 0 Å². The van der Waals surface area contributed by atoms with E-state index in [1.165, 1.54) is 0 Å². The Labute approximate surface area is 117 Å². The highest BCUT2D eigenvalue weighted by atomic mass is 79.9. The van der Waals surface area contributed by atoms with Crippen molar-refractivity contribution in [3.8, 4) is 0 Å². The summed E-state index contributed by atoms with van der Waals surface area (Å²) in [6.07, 6.45) is 2.97. The van der Waals surface area contributed by atoms with Gasteiger partial charge in [-0.25, -0.2) is 4.99 Å². The Kier molecular flexibility index (Phi) is 2.78. The van der Waals surface area contributed by atoms with Crippen LogP contribution in [0.15, 0.2) is 38.0 Å². The molecule has 4 N–H and O–H groups in total. The van der Waals surface area contributed by atoms with Crippen molar-refractivity contribution in [1.82, 2.24) is 10.6 Å². The second-order valence-electron chi connectivity index (χ2n) is 4.44. The number of nitrogens with two attached hydrogens (primary N) is 1. The summed E-state index contributed by atoms with van der Waals surface area (Å²) in [7, 11) is 0. The van der Waals surface area contributed by atoms with Crippen LogP contribution >= 0.6 is 15.9 Å². The number of nitrogens with one attached hydrogen (secondary N) is 2. The molecule has 2 aliphatic heterocycles. The molecule has 2 amide bonds. The van der Waals surface area contributed by atoms with E-state index in [1.54, 1.807) is 0 Å². The lowest BCUT2D eigenvalue weighted by Gasteiger charge is -2.06. The molecular weight excluding hydrogens is 312 g/mol. The Morgan fingerprint density at radius 2 is 2.05 bits per heavy atom. The van der Waals surface area contributed by atoms with Crippen LogP contribution in [0.4, 0.5) is 0 Å². The zero-order chi connectivity index (χ0) is 13.6. The molecule has 0 radical (unpaired) electrons. The Hall–Kier alpha value is -1.89. The standard InChI is InChI=1S/C12H11BrN4O2/c13-5-3-7-6(9-11(19)17-12(14)16-9)1-2-15-10(18)8(7)4-5/h3H,1-2,4H2,(H,15,18)(H3,14,16,17,19)/b9-6-. The van der Waals surface area contributed by atoms with Crippen molar-refractivity contribution in [3.63, 3.8) is 0 Å². The predicted octanol–water partition coefficient (Wildman–Crippen LogP) is 0.184. The van der Waals surface area contributed by atoms with Crippen LogP contribution in [0.5, 0.6) is 0 Å². The summed E-state index contributed by atoms with van der Waals surface area (Å²) in [6.45, 7) is 0.485. The highest BCUT2D eigenvalue weighted by molar-refractivity contribution is 9.11. The van der Waals surface area contributed by atoms with E-state index in [1.807, 2.05) is 6.08 Å². The van der Waals surface area contributed by atoms with Crippen molar-refractivity contribution in [1.29, 1.82) is 0 Å². The highest BCUT2D eigenvalue weighted by Crippen LogP contribution is 2.37. The van der Waals surface area contributed by atoms with Gasteiger partial charge in [0.05, 0.1) is 0 Å². The van der Waals surface area contributed by atoms with E-state index in [0.717, 1.165) is 15.6 Å². The van der Waals surface area contributed by atoms with Crippen LogP contribution < -0.4 is 16.4 Å². The quantitative estimate of drug-likeness (QED) is 0.555. The van der Waals surface area contributed by atoms with E-state index in [-0.39, 0.29) is 17.8 Å². The molecule has 98 valence electrons. The van der Waals surface area contributed by atoms with Gasteiger partial charge in [0.25, 0.3) is 5.91 Å². The van der Waals surface area contributed by atoms with Crippen LogP contribution in [0.25, 0.3) is 0 Å². The minimum absolute atomic E-state index is 0.0911. The maximum Gasteiger partial charge on any atom is 0.277 e. The summed E-state index contributed by atoms with van der Waals surface area (Å²) in [6, 6.07) is 0. The highest BCUT2D eigenvalue weighted by Gasteiger charge is 2.30. The number of carbonyl (C=O) groups is 2. The fourth-order valence-electron chi connectivity index (χ4n) is 2.40. The Morgan fingerprint density at radius 3 is 2.74 bits per heavy atom. The molecule has 19 heavy (non-hydrogen) atoms. The summed E-state index contributed by atoms with van der Waals surface area (Å²) in [5.74, 6) is -0.309. The third-order valence-electron chi connectivity index (χ3n) is 3.21. The SMILES string of the molecule is NC1=N/C(=C2/CCNC(=O)C3=C2C=C(Br)C3)C(=O)N1. The number of allylic oxidation sites excluding steroid dienone is 3. The van der Waals surface area contributed by atoms with E-state index in [0.29, 0.717) is 30.7 Å². The number of rotatable bonds is 0. The lowest BCUT2D eigenvalue weighted by Crippen LogP contribution is -2.30. The van der Waals surface area contributed by atoms with E-state index >= 15 is 0 Å². The lowest BCUT2D eigenvalue weighted by atomic mass is 9.98. The maximum absolute atomic E-state index is 11.9. The Morgan fingerprint density at radius 1 is 1.26 bits per heavy atom. The first-order chi connectivity index (χ1) is 9.06. The van der Waals surface area contributed by atoms with Crippen LogP contribution in [0.3, 0.4) is 0 Å². The van der Waals surface area contributed by atoms with Gasteiger partial charge in [0.2, 0.25) is 11.9 Å². The average Bonchev–Trinajstić information content (AvgIpc) is 2.84. The summed E-state index contributed by atoms with van der Waals surface area (Å²) in [4.78, 5) is 27.8. The molecule has 0 unspecified atom stereocenters. The van der Waals surface area contributed by atoms with Gasteiger partial charge in [0.1, 0.15) is 5.70 Å². The first kappa shape index (κ1) is 12.2. The van der Waals surface area contributed by atoms with Crippen molar-refractivity contribution in [2.75, 3.05) is 6.54 Å². The van der Waals surface area contributed by atoms with Crippen LogP contribution in [0.1, 0.15) is 12.8 Å². The number of hydrogen-bond acceptors (Lipinski definition) is 4. The zero-order valence-electron chi connectivity index (χ0n) is 9.92. The molecule has 0 atom stereocenters. The zero-order valence-corrected chi connectivity index (χ0v) is 11.5. The van der Waals surface area contributed by atoms with Crippen molar-refractivity contribution in [2.45, 2.75) is 12.8 Å². The molecule has 0 aromatic carbocycles. The molecule has 7 heteroatoms. The van der Waals surface area contributed by atoms with E-state index < -0.39 is 0 Å². The van der Waals surface area contributed by atoms with Gasteiger partial charge < -0.3 is 11.1 Å². The molecule has 0 fully saturated rings. The predicted molar refractivity (Wildman–Crippen MR) is 73.1 cm³/mol. The summed E-state index contributed by atoms with van der Waals surface area (Å²) in [5.41, 5.74) is 8.03. The van der Waals surface area contributed by atoms with E-state index in [4.69, 9.17) is 5.73 Å². The van der Waals surface area contributed by atoms with Crippen LogP contribution in [-0.2, 0) is 9.59 Å². The second-order valence-corrected chi connectivity index (χ2v) is 5.46. The summed E-state index contributed by atoms with van der Waals surface area (Å²) >= 11 is 3.40. The fourth-order valence-corrected chi connectivity index (χ4v) is 2.91. The number of amides is 2. The minimum atomic E-state index is -0.315. The van der Waals surface area contributed by atoms with E-state index in [9.17, 15) is 9.59 Å². The normalized spacial score (nSPS) is 26.6. The van der Waals surface area contributed by atoms with Crippen molar-refractivity contribution in [3.05, 3.63) is 33.0 Å². The fraction of sp³-hybridized carbons (Fsp3) is 0.250. The first-order valence-corrected chi connectivity index (χ1v) is 6.62. The Balaban J connectivity index is 2.17. The van der Waals surface area contributed by atoms with Gasteiger partial charge >= 0.3 is 0 Å². The largest absolute Gasteiger partial charge is 0.369 e. The second kappa shape index (κ2) is 4.34. The maximum atomic E-state index is 11.9. The molecule has 0 spiro atoms. The third kappa shape index (κ3) is 1.99. The molecule has 6 nitrogen and oxygen atoms in total. The number of aliphatic imine (C=N–C) groups is 1. The molecule has 3 rings (SSSR count).